The van der Waals surface area contributed by atoms with Gasteiger partial charge in [0.1, 0.15) is 4.90 Å². The Morgan fingerprint density at radius 3 is 2.47 bits per heavy atom. The molecule has 1 aromatic heterocycles. The highest BCUT2D eigenvalue weighted by atomic mass is 32.2. The van der Waals surface area contributed by atoms with Gasteiger partial charge >= 0.3 is 0 Å². The van der Waals surface area contributed by atoms with Gasteiger partial charge in [0.2, 0.25) is 11.7 Å². The van der Waals surface area contributed by atoms with Crippen molar-refractivity contribution in [3.8, 4) is 0 Å². The molecule has 0 unspecified atom stereocenters. The van der Waals surface area contributed by atoms with Crippen molar-refractivity contribution >= 4 is 27.7 Å². The Balaban J connectivity index is 1.37. The number of aryl methyl sites for hydroxylation is 1. The number of piperazine rings is 1. The van der Waals surface area contributed by atoms with Crippen LogP contribution in [-0.4, -0.2) is 85.7 Å². The van der Waals surface area contributed by atoms with E-state index in [-0.39, 0.29) is 34.9 Å². The molecule has 30 heavy (non-hydrogen) atoms. The van der Waals surface area contributed by atoms with Gasteiger partial charge in [0.15, 0.2) is 5.84 Å². The summed E-state index contributed by atoms with van der Waals surface area (Å²) in [5.41, 5.74) is 1.12. The minimum absolute atomic E-state index is 0.0159. The highest BCUT2D eigenvalue weighted by Crippen LogP contribution is 2.26. The lowest BCUT2D eigenvalue weighted by Gasteiger charge is -2.35. The summed E-state index contributed by atoms with van der Waals surface area (Å²) in [6.45, 7) is 3.25. The third-order valence-corrected chi connectivity index (χ3v) is 6.43. The summed E-state index contributed by atoms with van der Waals surface area (Å²) >= 11 is 0. The zero-order chi connectivity index (χ0) is 21.5. The van der Waals surface area contributed by atoms with Crippen LogP contribution in [0.3, 0.4) is 0 Å². The topological polar surface area (TPSA) is 116 Å². The van der Waals surface area contributed by atoms with Gasteiger partial charge in [0.05, 0.1) is 12.2 Å². The molecule has 2 aromatic rings. The zero-order valence-corrected chi connectivity index (χ0v) is 17.4. The maximum absolute atomic E-state index is 12.7. The largest absolute Gasteiger partial charge is 0.351 e. The van der Waals surface area contributed by atoms with Gasteiger partial charge in [0.25, 0.3) is 15.9 Å². The van der Waals surface area contributed by atoms with Crippen molar-refractivity contribution in [2.75, 3.05) is 39.8 Å². The Kier molecular flexibility index (Phi) is 5.06. The molecule has 10 nitrogen and oxygen atoms in total. The predicted octanol–water partition coefficient (Wildman–Crippen LogP) is 0.348. The molecule has 0 spiro atoms. The summed E-state index contributed by atoms with van der Waals surface area (Å²) in [7, 11) is -2.10. The van der Waals surface area contributed by atoms with Crippen LogP contribution in [0.2, 0.25) is 0 Å². The van der Waals surface area contributed by atoms with E-state index in [1.807, 2.05) is 0 Å². The second-order valence-corrected chi connectivity index (χ2v) is 8.82. The molecule has 2 aliphatic rings. The number of sulfonamides is 1. The van der Waals surface area contributed by atoms with E-state index in [1.54, 1.807) is 52.9 Å². The van der Waals surface area contributed by atoms with Gasteiger partial charge in [-0.2, -0.15) is 8.42 Å². The van der Waals surface area contributed by atoms with Gasteiger partial charge < -0.3 is 19.2 Å². The summed E-state index contributed by atoms with van der Waals surface area (Å²) < 4.78 is 33.3. The summed E-state index contributed by atoms with van der Waals surface area (Å²) in [6, 6.07) is 8.14. The smallest absolute Gasteiger partial charge is 0.292 e. The van der Waals surface area contributed by atoms with Crippen molar-refractivity contribution in [1.82, 2.24) is 19.9 Å². The van der Waals surface area contributed by atoms with E-state index >= 15 is 0 Å². The quantitative estimate of drug-likeness (QED) is 0.688. The number of benzene rings is 1. The second-order valence-electron chi connectivity index (χ2n) is 7.25. The van der Waals surface area contributed by atoms with Gasteiger partial charge in [-0.1, -0.05) is 17.3 Å². The first-order chi connectivity index (χ1) is 14.3. The van der Waals surface area contributed by atoms with Crippen molar-refractivity contribution in [2.24, 2.45) is 4.40 Å². The highest BCUT2D eigenvalue weighted by molar-refractivity contribution is 7.90. The SMILES string of the molecule is Cc1cc(C(=O)N2CCN(C(=O)CN(C)C3=NS(=O)(=O)c4ccccc43)CC2)on1. The number of amides is 2. The summed E-state index contributed by atoms with van der Waals surface area (Å²) in [5, 5.41) is 3.73. The Bertz CT molecular complexity index is 1130. The van der Waals surface area contributed by atoms with Gasteiger partial charge in [-0.25, -0.2) is 0 Å². The van der Waals surface area contributed by atoms with Crippen molar-refractivity contribution < 1.29 is 22.5 Å². The van der Waals surface area contributed by atoms with Gasteiger partial charge in [-0.15, -0.1) is 4.40 Å². The van der Waals surface area contributed by atoms with E-state index in [1.165, 1.54) is 6.07 Å². The van der Waals surface area contributed by atoms with Gasteiger partial charge in [0, 0.05) is 44.9 Å². The van der Waals surface area contributed by atoms with Crippen LogP contribution in [0.25, 0.3) is 0 Å². The molecule has 3 heterocycles. The average molecular weight is 431 g/mol. The maximum Gasteiger partial charge on any atom is 0.292 e. The Morgan fingerprint density at radius 2 is 1.80 bits per heavy atom. The van der Waals surface area contributed by atoms with Crippen molar-refractivity contribution in [2.45, 2.75) is 11.8 Å². The fourth-order valence-corrected chi connectivity index (χ4v) is 4.77. The molecule has 4 rings (SSSR count). The number of rotatable bonds is 3. The number of fused-ring (bicyclic) bond motifs is 1. The molecule has 158 valence electrons. The summed E-state index contributed by atoms with van der Waals surface area (Å²) in [5.74, 6) is 0.0334. The fraction of sp³-hybridized carbons (Fsp3) is 0.368. The van der Waals surface area contributed by atoms with Crippen molar-refractivity contribution in [1.29, 1.82) is 0 Å². The maximum atomic E-state index is 12.7. The van der Waals surface area contributed by atoms with E-state index in [9.17, 15) is 18.0 Å². The summed E-state index contributed by atoms with van der Waals surface area (Å²) in [4.78, 5) is 30.1. The molecule has 0 aliphatic carbocycles. The standard InChI is InChI=1S/C19H21N5O5S/c1-13-11-15(29-20-13)19(26)24-9-7-23(8-10-24)17(25)12-22(2)18-14-5-3-4-6-16(14)30(27,28)21-18/h3-6,11H,7-10,12H2,1-2H3. The first-order valence-corrected chi connectivity index (χ1v) is 10.9. The second kappa shape index (κ2) is 7.56. The number of carbonyl (C=O) groups is 2. The molecule has 1 fully saturated rings. The first kappa shape index (κ1) is 20.1. The number of hydrogen-bond donors (Lipinski definition) is 0. The highest BCUT2D eigenvalue weighted by Gasteiger charge is 2.32. The first-order valence-electron chi connectivity index (χ1n) is 9.42. The van der Waals surface area contributed by atoms with Crippen LogP contribution in [0.4, 0.5) is 0 Å². The predicted molar refractivity (Wildman–Crippen MR) is 107 cm³/mol. The molecule has 2 aliphatic heterocycles. The number of carbonyl (C=O) groups excluding carboxylic acids is 2. The van der Waals surface area contributed by atoms with Crippen molar-refractivity contribution in [3.05, 3.63) is 47.3 Å². The van der Waals surface area contributed by atoms with E-state index < -0.39 is 10.0 Å². The third kappa shape index (κ3) is 3.67. The Hall–Kier alpha value is -3.21. The van der Waals surface area contributed by atoms with Crippen molar-refractivity contribution in [3.63, 3.8) is 0 Å². The van der Waals surface area contributed by atoms with Crippen LogP contribution in [0.1, 0.15) is 21.8 Å². The molecule has 1 saturated heterocycles. The fourth-order valence-electron chi connectivity index (χ4n) is 3.52. The number of amidine groups is 1. The number of nitrogens with zero attached hydrogens (tertiary/aromatic N) is 5. The third-order valence-electron chi connectivity index (χ3n) is 5.10. The average Bonchev–Trinajstić information content (AvgIpc) is 3.29. The molecule has 11 heteroatoms. The number of hydrogen-bond acceptors (Lipinski definition) is 7. The lowest BCUT2D eigenvalue weighted by atomic mass is 10.2. The normalized spacial score (nSPS) is 17.5. The molecule has 1 aromatic carbocycles. The Labute approximate surface area is 173 Å². The molecule has 0 radical (unpaired) electrons. The molecule has 0 bridgehead atoms. The number of aromatic nitrogens is 1. The Morgan fingerprint density at radius 1 is 1.13 bits per heavy atom. The summed E-state index contributed by atoms with van der Waals surface area (Å²) in [6.07, 6.45) is 0. The molecule has 0 atom stereocenters. The van der Waals surface area contributed by atoms with E-state index in [0.29, 0.717) is 37.4 Å². The van der Waals surface area contributed by atoms with E-state index in [4.69, 9.17) is 4.52 Å². The molecule has 0 N–H and O–H groups in total. The molecular formula is C19H21N5O5S. The molecule has 0 saturated carbocycles. The van der Waals surface area contributed by atoms with Gasteiger partial charge in [-0.05, 0) is 19.1 Å². The van der Waals surface area contributed by atoms with Crippen LogP contribution >= 0.6 is 0 Å². The van der Waals surface area contributed by atoms with Gasteiger partial charge in [-0.3, -0.25) is 9.59 Å². The van der Waals surface area contributed by atoms with Crippen LogP contribution < -0.4 is 0 Å². The minimum atomic E-state index is -3.74. The number of likely N-dealkylation sites (N-methyl/N-ethyl adjacent to an activating group) is 1. The monoisotopic (exact) mass is 431 g/mol. The zero-order valence-electron chi connectivity index (χ0n) is 16.6. The van der Waals surface area contributed by atoms with Crippen LogP contribution in [-0.2, 0) is 14.8 Å². The molecule has 2 amide bonds. The van der Waals surface area contributed by atoms with E-state index in [2.05, 4.69) is 9.55 Å². The lowest BCUT2D eigenvalue weighted by Crippen LogP contribution is -2.52. The lowest BCUT2D eigenvalue weighted by molar-refractivity contribution is -0.132. The van der Waals surface area contributed by atoms with Crippen LogP contribution in [0.5, 0.6) is 0 Å². The molecular weight excluding hydrogens is 410 g/mol. The minimum Gasteiger partial charge on any atom is -0.351 e. The van der Waals surface area contributed by atoms with Crippen LogP contribution in [0, 0.1) is 6.92 Å². The van der Waals surface area contributed by atoms with Crippen LogP contribution in [0.15, 0.2) is 44.1 Å². The van der Waals surface area contributed by atoms with E-state index in [0.717, 1.165) is 0 Å².